The van der Waals surface area contributed by atoms with Crippen LogP contribution in [0.5, 0.6) is 0 Å². The van der Waals surface area contributed by atoms with Gasteiger partial charge in [-0.05, 0) is 71.4 Å². The first kappa shape index (κ1) is 31.6. The van der Waals surface area contributed by atoms with Gasteiger partial charge in [-0.1, -0.05) is 5.16 Å². The van der Waals surface area contributed by atoms with Gasteiger partial charge >= 0.3 is 19.5 Å². The monoisotopic (exact) mass is 512 g/mol. The number of nitrogens with zero attached hydrogens (tertiary/aromatic N) is 1. The van der Waals surface area contributed by atoms with Gasteiger partial charge in [0.1, 0.15) is 0 Å². The summed E-state index contributed by atoms with van der Waals surface area (Å²) in [4.78, 5) is 15.0. The molecule has 0 heterocycles. The summed E-state index contributed by atoms with van der Waals surface area (Å²) in [6, 6.07) is 0. The Balaban J connectivity index is 0. The summed E-state index contributed by atoms with van der Waals surface area (Å²) < 4.78 is 26.8. The number of carbonyl (C=O) groups is 1. The van der Waals surface area contributed by atoms with Crippen molar-refractivity contribution in [1.82, 2.24) is 5.32 Å². The number of rotatable bonds is 13. The predicted molar refractivity (Wildman–Crippen MR) is 128 cm³/mol. The maximum Gasteiger partial charge on any atom is 0.433 e. The molecule has 0 aromatic rings. The summed E-state index contributed by atoms with van der Waals surface area (Å²) in [6.45, 7) is 7.05. The number of carbonyl (C=O) groups excluding carboxylic acids is 1. The largest absolute Gasteiger partial charge is 0.433 e. The SMILES string of the molecule is CCOP(=S)(OCC)OP(=S)(OCC)OCC.CNC(=O)O/N=C/C(C)(C)SC. The first-order valence-electron chi connectivity index (χ1n) is 8.94. The molecule has 0 atom stereocenters. The maximum atomic E-state index is 10.5. The van der Waals surface area contributed by atoms with Gasteiger partial charge < -0.3 is 23.4 Å². The molecule has 174 valence electrons. The van der Waals surface area contributed by atoms with Crippen LogP contribution in [0.2, 0.25) is 0 Å². The topological polar surface area (TPSA) is 96.8 Å². The van der Waals surface area contributed by atoms with Gasteiger partial charge in [0.25, 0.3) is 0 Å². The Kier molecular flexibility index (Phi) is 18.5. The van der Waals surface area contributed by atoms with Crippen LogP contribution in [0.1, 0.15) is 41.5 Å². The molecule has 0 bridgehead atoms. The van der Waals surface area contributed by atoms with Gasteiger partial charge in [-0.15, -0.1) is 0 Å². The minimum Gasteiger partial charge on any atom is -0.323 e. The van der Waals surface area contributed by atoms with Gasteiger partial charge in [0.2, 0.25) is 0 Å². The average Bonchev–Trinajstić information content (AvgIpc) is 2.62. The van der Waals surface area contributed by atoms with Crippen molar-refractivity contribution in [3.63, 3.8) is 0 Å². The first-order chi connectivity index (χ1) is 13.5. The molecule has 0 aliphatic rings. The Morgan fingerprint density at radius 2 is 1.38 bits per heavy atom. The fourth-order valence-electron chi connectivity index (χ4n) is 1.22. The highest BCUT2D eigenvalue weighted by Crippen LogP contribution is 2.66. The highest BCUT2D eigenvalue weighted by Gasteiger charge is 2.31. The van der Waals surface area contributed by atoms with Crippen LogP contribution in [0, 0.1) is 0 Å². The van der Waals surface area contributed by atoms with Crippen LogP contribution in [-0.2, 0) is 50.9 Å². The van der Waals surface area contributed by atoms with E-state index in [1.54, 1.807) is 18.0 Å². The molecule has 0 aliphatic heterocycles. The standard InChI is InChI=1S/C8H20O5P2S2.C7H14N2O2S/c1-5-9-14(16,10-6-2)13-15(17,11-7-3)12-8-4;1-7(2,12-4)5-9-11-6(10)8-3/h5-8H2,1-4H3;5H,1-4H3,(H,8,10)/b;9-5+. The number of hydrogen-bond acceptors (Lipinski definition) is 11. The van der Waals surface area contributed by atoms with Gasteiger partial charge in [0.05, 0.1) is 32.6 Å². The molecular weight excluding hydrogens is 478 g/mol. The Morgan fingerprint density at radius 3 is 1.66 bits per heavy atom. The number of nitrogens with one attached hydrogen (secondary N) is 1. The van der Waals surface area contributed by atoms with Crippen LogP contribution in [0.4, 0.5) is 4.79 Å². The fraction of sp³-hybridized carbons (Fsp3) is 0.867. The lowest BCUT2D eigenvalue weighted by molar-refractivity contribution is 0.153. The van der Waals surface area contributed by atoms with Crippen molar-refractivity contribution in [2.45, 2.75) is 46.3 Å². The number of hydrogen-bond donors (Lipinski definition) is 1. The molecule has 0 spiro atoms. The van der Waals surface area contributed by atoms with Gasteiger partial charge in [0, 0.05) is 11.8 Å². The lowest BCUT2D eigenvalue weighted by atomic mass is 10.2. The maximum absolute atomic E-state index is 10.5. The van der Waals surface area contributed by atoms with Crippen molar-refractivity contribution < 1.29 is 32.0 Å². The Labute approximate surface area is 189 Å². The summed E-state index contributed by atoms with van der Waals surface area (Å²) >= 11 is 12.1. The molecular formula is C15H34N2O7P2S3. The minimum absolute atomic E-state index is 0.103. The van der Waals surface area contributed by atoms with Crippen molar-refractivity contribution in [3.05, 3.63) is 0 Å². The predicted octanol–water partition coefficient (Wildman–Crippen LogP) is 5.07. The van der Waals surface area contributed by atoms with Crippen LogP contribution in [0.15, 0.2) is 5.16 Å². The summed E-state index contributed by atoms with van der Waals surface area (Å²) in [5.41, 5.74) is 0. The average molecular weight is 513 g/mol. The second-order valence-corrected chi connectivity index (χ2v) is 12.9. The molecule has 0 fully saturated rings. The van der Waals surface area contributed by atoms with E-state index in [0.717, 1.165) is 0 Å². The second-order valence-electron chi connectivity index (χ2n) is 5.32. The third-order valence-corrected chi connectivity index (χ3v) is 10.1. The van der Waals surface area contributed by atoms with Crippen LogP contribution in [0.25, 0.3) is 0 Å². The summed E-state index contributed by atoms with van der Waals surface area (Å²) in [6.07, 6.45) is 3.00. The molecule has 0 aliphatic carbocycles. The van der Waals surface area contributed by atoms with Gasteiger partial charge in [0.15, 0.2) is 0 Å². The highest BCUT2D eigenvalue weighted by molar-refractivity contribution is 8.14. The third kappa shape index (κ3) is 16.7. The van der Waals surface area contributed by atoms with E-state index in [2.05, 4.69) is 15.3 Å². The molecule has 0 unspecified atom stereocenters. The van der Waals surface area contributed by atoms with E-state index in [9.17, 15) is 4.79 Å². The van der Waals surface area contributed by atoms with Crippen LogP contribution >= 0.6 is 25.2 Å². The van der Waals surface area contributed by atoms with E-state index in [1.807, 2.05) is 47.8 Å². The molecule has 0 saturated heterocycles. The fourth-order valence-corrected chi connectivity index (χ4v) is 7.74. The molecule has 0 aromatic heterocycles. The molecule has 14 heteroatoms. The lowest BCUT2D eigenvalue weighted by Gasteiger charge is -2.27. The zero-order chi connectivity index (χ0) is 23.0. The van der Waals surface area contributed by atoms with Crippen molar-refractivity contribution in [3.8, 4) is 0 Å². The molecule has 0 saturated carbocycles. The van der Waals surface area contributed by atoms with Crippen molar-refractivity contribution in [1.29, 1.82) is 0 Å². The molecule has 0 rings (SSSR count). The van der Waals surface area contributed by atoms with Gasteiger partial charge in [-0.2, -0.15) is 11.8 Å². The normalized spacial score (nSPS) is 12.4. The first-order valence-corrected chi connectivity index (χ1v) is 15.3. The Hall–Kier alpha value is 0.390. The minimum atomic E-state index is -2.87. The molecule has 29 heavy (non-hydrogen) atoms. The van der Waals surface area contributed by atoms with Crippen LogP contribution in [0.3, 0.4) is 0 Å². The van der Waals surface area contributed by atoms with Gasteiger partial charge in [-0.3, -0.25) is 4.84 Å². The second kappa shape index (κ2) is 17.0. The third-order valence-electron chi connectivity index (χ3n) is 2.58. The quantitative estimate of drug-likeness (QED) is 0.156. The summed E-state index contributed by atoms with van der Waals surface area (Å²) in [7, 11) is 1.48. The molecule has 0 radical (unpaired) electrons. The zero-order valence-electron chi connectivity index (χ0n) is 18.3. The smallest absolute Gasteiger partial charge is 0.323 e. The number of thioether (sulfide) groups is 1. The van der Waals surface area contributed by atoms with E-state index in [1.165, 1.54) is 7.05 Å². The van der Waals surface area contributed by atoms with E-state index >= 15 is 0 Å². The molecule has 1 N–H and O–H groups in total. The van der Waals surface area contributed by atoms with Crippen LogP contribution in [-0.4, -0.2) is 56.8 Å². The van der Waals surface area contributed by atoms with Gasteiger partial charge in [-0.25, -0.2) is 9.11 Å². The Bertz CT molecular complexity index is 532. The summed E-state index contributed by atoms with van der Waals surface area (Å²) in [5, 5.41) is 5.81. The highest BCUT2D eigenvalue weighted by atomic mass is 32.5. The van der Waals surface area contributed by atoms with E-state index in [-0.39, 0.29) is 4.75 Å². The molecule has 0 aromatic carbocycles. The molecule has 1 amide bonds. The van der Waals surface area contributed by atoms with Crippen molar-refractivity contribution >= 4 is 61.1 Å². The van der Waals surface area contributed by atoms with E-state index < -0.39 is 19.5 Å². The number of amides is 1. The van der Waals surface area contributed by atoms with Crippen molar-refractivity contribution in [2.24, 2.45) is 5.16 Å². The number of oxime groups is 1. The lowest BCUT2D eigenvalue weighted by Crippen LogP contribution is -2.19. The van der Waals surface area contributed by atoms with E-state index in [4.69, 9.17) is 46.0 Å². The van der Waals surface area contributed by atoms with Crippen molar-refractivity contribution in [2.75, 3.05) is 39.7 Å². The molecule has 9 nitrogen and oxygen atoms in total. The van der Waals surface area contributed by atoms with Crippen LogP contribution < -0.4 is 5.32 Å². The Morgan fingerprint density at radius 1 is 1.00 bits per heavy atom. The zero-order valence-corrected chi connectivity index (χ0v) is 22.6. The van der Waals surface area contributed by atoms with E-state index in [0.29, 0.717) is 26.4 Å². The summed E-state index contributed by atoms with van der Waals surface area (Å²) in [5.74, 6) is 0.